The van der Waals surface area contributed by atoms with Gasteiger partial charge >= 0.3 is 0 Å². The molecule has 192 valence electrons. The number of nitrogens with one attached hydrogen (secondary N) is 2. The summed E-state index contributed by atoms with van der Waals surface area (Å²) in [5, 5.41) is 6.16. The highest BCUT2D eigenvalue weighted by Crippen LogP contribution is 2.32. The van der Waals surface area contributed by atoms with Gasteiger partial charge in [-0.2, -0.15) is 0 Å². The topological polar surface area (TPSA) is 106 Å². The van der Waals surface area contributed by atoms with Crippen LogP contribution in [0.15, 0.2) is 83.5 Å². The van der Waals surface area contributed by atoms with Gasteiger partial charge in [0.15, 0.2) is 0 Å². The van der Waals surface area contributed by atoms with Crippen LogP contribution in [-0.2, 0) is 11.3 Å². The Balaban J connectivity index is 1.63. The van der Waals surface area contributed by atoms with Gasteiger partial charge in [-0.15, -0.1) is 0 Å². The molecule has 1 saturated carbocycles. The van der Waals surface area contributed by atoms with Gasteiger partial charge < -0.3 is 22.1 Å². The van der Waals surface area contributed by atoms with E-state index in [9.17, 15) is 13.6 Å². The Bertz CT molecular complexity index is 1310. The van der Waals surface area contributed by atoms with Crippen LogP contribution in [0.5, 0.6) is 0 Å². The molecule has 0 saturated heterocycles. The number of benzene rings is 3. The fraction of sp³-hybridized carbons (Fsp3) is 0.241. The number of hydrogen-bond acceptors (Lipinski definition) is 5. The van der Waals surface area contributed by atoms with Gasteiger partial charge in [0.05, 0.1) is 11.7 Å². The first-order valence-corrected chi connectivity index (χ1v) is 12.2. The zero-order valence-corrected chi connectivity index (χ0v) is 20.7. The second-order valence-electron chi connectivity index (χ2n) is 9.26. The summed E-state index contributed by atoms with van der Waals surface area (Å²) in [5.74, 6) is -1.22. The molecule has 0 bridgehead atoms. The molecule has 0 spiro atoms. The fourth-order valence-electron chi connectivity index (χ4n) is 4.03. The van der Waals surface area contributed by atoms with Crippen LogP contribution < -0.4 is 22.1 Å². The smallest absolute Gasteiger partial charge is 0.274 e. The molecule has 37 heavy (non-hydrogen) atoms. The van der Waals surface area contributed by atoms with Gasteiger partial charge in [0.2, 0.25) is 0 Å². The van der Waals surface area contributed by atoms with Crippen molar-refractivity contribution in [2.24, 2.45) is 22.4 Å². The first-order valence-electron chi connectivity index (χ1n) is 12.2. The van der Waals surface area contributed by atoms with E-state index < -0.39 is 23.6 Å². The van der Waals surface area contributed by atoms with Crippen LogP contribution in [0.3, 0.4) is 0 Å². The normalized spacial score (nSPS) is 14.9. The lowest BCUT2D eigenvalue weighted by Crippen LogP contribution is -2.27. The largest absolute Gasteiger partial charge is 0.402 e. The van der Waals surface area contributed by atoms with Gasteiger partial charge in [-0.05, 0) is 85.8 Å². The summed E-state index contributed by atoms with van der Waals surface area (Å²) in [6, 6.07) is 17.3. The van der Waals surface area contributed by atoms with Crippen molar-refractivity contribution in [3.8, 4) is 0 Å². The number of rotatable bonds is 10. The average molecular weight is 504 g/mol. The highest BCUT2D eigenvalue weighted by Gasteiger charge is 2.26. The molecule has 1 unspecified atom stereocenters. The SMILES string of the molecule is CC(N)=CC(=Nc1cccc(CN)c1)C(=O)Nc1cccc(C(NCC2CC2)c2c(F)cccc2F)c1. The van der Waals surface area contributed by atoms with Gasteiger partial charge in [-0.1, -0.05) is 30.3 Å². The summed E-state index contributed by atoms with van der Waals surface area (Å²) in [6.07, 6.45) is 3.68. The van der Waals surface area contributed by atoms with E-state index in [-0.39, 0.29) is 11.3 Å². The monoisotopic (exact) mass is 503 g/mol. The summed E-state index contributed by atoms with van der Waals surface area (Å²) >= 11 is 0. The van der Waals surface area contributed by atoms with Crippen molar-refractivity contribution in [1.82, 2.24) is 5.32 Å². The number of carbonyl (C=O) groups excluding carboxylic acids is 1. The van der Waals surface area contributed by atoms with E-state index in [2.05, 4.69) is 15.6 Å². The van der Waals surface area contributed by atoms with Crippen molar-refractivity contribution in [3.05, 3.63) is 107 Å². The standard InChI is InChI=1S/C29H31F2N5O/c1-18(33)13-26(35-22-7-2-5-20(14-22)16-32)29(37)36-23-8-3-6-21(15-23)28(34-17-19-11-12-19)27-24(30)9-4-10-25(27)31/h2-10,13-15,19,28,34H,11-12,16-17,32-33H2,1H3,(H,36,37). The van der Waals surface area contributed by atoms with Crippen LogP contribution in [0, 0.1) is 17.6 Å². The Hall–Kier alpha value is -3.88. The van der Waals surface area contributed by atoms with Gasteiger partial charge in [0, 0.05) is 23.5 Å². The van der Waals surface area contributed by atoms with E-state index >= 15 is 0 Å². The van der Waals surface area contributed by atoms with Crippen molar-refractivity contribution < 1.29 is 13.6 Å². The van der Waals surface area contributed by atoms with Gasteiger partial charge in [-0.25, -0.2) is 13.8 Å². The van der Waals surface area contributed by atoms with Crippen LogP contribution in [0.1, 0.15) is 42.5 Å². The van der Waals surface area contributed by atoms with Crippen molar-refractivity contribution in [2.45, 2.75) is 32.4 Å². The predicted molar refractivity (Wildman–Crippen MR) is 143 cm³/mol. The number of aliphatic imine (C=N–C) groups is 1. The fourth-order valence-corrected chi connectivity index (χ4v) is 4.03. The van der Waals surface area contributed by atoms with Crippen molar-refractivity contribution >= 4 is 23.0 Å². The van der Waals surface area contributed by atoms with Crippen LogP contribution in [-0.4, -0.2) is 18.2 Å². The Kier molecular flexibility index (Phi) is 8.43. The van der Waals surface area contributed by atoms with Gasteiger partial charge in [-0.3, -0.25) is 4.79 Å². The first-order chi connectivity index (χ1) is 17.8. The Morgan fingerprint density at radius 3 is 2.46 bits per heavy atom. The maximum atomic E-state index is 14.7. The lowest BCUT2D eigenvalue weighted by Gasteiger charge is -2.22. The molecular formula is C29H31F2N5O. The van der Waals surface area contributed by atoms with E-state index in [0.717, 1.165) is 18.4 Å². The molecule has 3 aromatic carbocycles. The zero-order valence-electron chi connectivity index (χ0n) is 20.7. The maximum Gasteiger partial charge on any atom is 0.274 e. The number of carbonyl (C=O) groups is 1. The highest BCUT2D eigenvalue weighted by atomic mass is 19.1. The van der Waals surface area contributed by atoms with E-state index in [4.69, 9.17) is 11.5 Å². The second-order valence-corrected chi connectivity index (χ2v) is 9.26. The van der Waals surface area contributed by atoms with Crippen LogP contribution in [0.2, 0.25) is 0 Å². The van der Waals surface area contributed by atoms with Crippen molar-refractivity contribution in [1.29, 1.82) is 0 Å². The molecule has 1 atom stereocenters. The third-order valence-electron chi connectivity index (χ3n) is 6.07. The molecule has 4 rings (SSSR count). The van der Waals surface area contributed by atoms with Crippen LogP contribution >= 0.6 is 0 Å². The molecule has 1 aliphatic carbocycles. The quantitative estimate of drug-likeness (QED) is 0.289. The molecule has 0 radical (unpaired) electrons. The minimum atomic E-state index is -0.711. The number of nitrogens with two attached hydrogens (primary N) is 2. The molecule has 1 amide bonds. The average Bonchev–Trinajstić information content (AvgIpc) is 3.70. The third-order valence-corrected chi connectivity index (χ3v) is 6.07. The molecule has 1 aliphatic rings. The molecule has 0 aliphatic heterocycles. The molecule has 3 aromatic rings. The van der Waals surface area contributed by atoms with E-state index in [0.29, 0.717) is 41.6 Å². The Morgan fingerprint density at radius 2 is 1.78 bits per heavy atom. The predicted octanol–water partition coefficient (Wildman–Crippen LogP) is 5.09. The number of nitrogens with zero attached hydrogens (tertiary/aromatic N) is 1. The lowest BCUT2D eigenvalue weighted by molar-refractivity contribution is -0.110. The summed E-state index contributed by atoms with van der Waals surface area (Å²) in [6.45, 7) is 2.66. The van der Waals surface area contributed by atoms with Crippen molar-refractivity contribution in [2.75, 3.05) is 11.9 Å². The molecule has 6 N–H and O–H groups in total. The lowest BCUT2D eigenvalue weighted by atomic mass is 9.96. The maximum absolute atomic E-state index is 14.7. The van der Waals surface area contributed by atoms with E-state index in [1.807, 2.05) is 12.1 Å². The van der Waals surface area contributed by atoms with Gasteiger partial charge in [0.25, 0.3) is 5.91 Å². The van der Waals surface area contributed by atoms with E-state index in [1.54, 1.807) is 43.3 Å². The zero-order chi connectivity index (χ0) is 26.4. The highest BCUT2D eigenvalue weighted by molar-refractivity contribution is 6.47. The van der Waals surface area contributed by atoms with Crippen LogP contribution in [0.4, 0.5) is 20.2 Å². The summed E-state index contributed by atoms with van der Waals surface area (Å²) in [5.41, 5.74) is 14.6. The second kappa shape index (κ2) is 11.9. The molecular weight excluding hydrogens is 472 g/mol. The number of halogens is 2. The molecule has 0 heterocycles. The Labute approximate surface area is 215 Å². The summed E-state index contributed by atoms with van der Waals surface area (Å²) in [7, 11) is 0. The molecule has 0 aromatic heterocycles. The van der Waals surface area contributed by atoms with Crippen LogP contribution in [0.25, 0.3) is 0 Å². The molecule has 1 fully saturated rings. The number of anilines is 1. The van der Waals surface area contributed by atoms with Gasteiger partial charge in [0.1, 0.15) is 17.3 Å². The van der Waals surface area contributed by atoms with E-state index in [1.165, 1.54) is 24.3 Å². The number of amides is 1. The first kappa shape index (κ1) is 26.2. The number of allylic oxidation sites excluding steroid dienone is 1. The minimum absolute atomic E-state index is 0.0460. The Morgan fingerprint density at radius 1 is 1.08 bits per heavy atom. The molecule has 8 heteroatoms. The minimum Gasteiger partial charge on any atom is -0.402 e. The number of hydrogen-bond donors (Lipinski definition) is 4. The van der Waals surface area contributed by atoms with Crippen molar-refractivity contribution in [3.63, 3.8) is 0 Å². The summed E-state index contributed by atoms with van der Waals surface area (Å²) < 4.78 is 29.5. The summed E-state index contributed by atoms with van der Waals surface area (Å²) in [4.78, 5) is 17.7. The molecule has 6 nitrogen and oxygen atoms in total. The third kappa shape index (κ3) is 7.09.